The van der Waals surface area contributed by atoms with E-state index in [1.54, 1.807) is 6.92 Å². The molecule has 0 heterocycles. The van der Waals surface area contributed by atoms with Gasteiger partial charge in [0.05, 0.1) is 12.5 Å². The van der Waals surface area contributed by atoms with Crippen molar-refractivity contribution in [2.75, 3.05) is 13.2 Å². The van der Waals surface area contributed by atoms with Crippen molar-refractivity contribution < 1.29 is 19.4 Å². The van der Waals surface area contributed by atoms with Crippen LogP contribution in [0.15, 0.2) is 0 Å². The van der Waals surface area contributed by atoms with Crippen LogP contribution in [0.4, 0.5) is 4.79 Å². The maximum Gasteiger partial charge on any atom is 0.315 e. The van der Waals surface area contributed by atoms with Gasteiger partial charge in [0.1, 0.15) is 0 Å². The number of urea groups is 1. The Morgan fingerprint density at radius 3 is 2.33 bits per heavy atom. The second-order valence-electron chi connectivity index (χ2n) is 4.56. The number of ether oxygens (including phenoxy) is 1. The number of hydrogen-bond donors (Lipinski definition) is 3. The van der Waals surface area contributed by atoms with Gasteiger partial charge >= 0.3 is 12.0 Å². The van der Waals surface area contributed by atoms with E-state index >= 15 is 0 Å². The van der Waals surface area contributed by atoms with Crippen molar-refractivity contribution in [2.45, 2.75) is 46.3 Å². The van der Waals surface area contributed by atoms with Crippen LogP contribution in [0.5, 0.6) is 0 Å². The van der Waals surface area contributed by atoms with Crippen LogP contribution in [0, 0.1) is 5.92 Å². The highest BCUT2D eigenvalue weighted by molar-refractivity contribution is 5.74. The summed E-state index contributed by atoms with van der Waals surface area (Å²) in [6.45, 7) is 8.34. The van der Waals surface area contributed by atoms with Crippen LogP contribution < -0.4 is 10.6 Å². The highest BCUT2D eigenvalue weighted by Crippen LogP contribution is 2.00. The Bertz CT molecular complexity index is 269. The monoisotopic (exact) mass is 260 g/mol. The molecule has 0 saturated carbocycles. The zero-order chi connectivity index (χ0) is 14.1. The number of carboxylic acids is 1. The van der Waals surface area contributed by atoms with E-state index < -0.39 is 12.1 Å². The van der Waals surface area contributed by atoms with E-state index in [2.05, 4.69) is 10.6 Å². The van der Waals surface area contributed by atoms with Gasteiger partial charge in [-0.25, -0.2) is 4.79 Å². The summed E-state index contributed by atoms with van der Waals surface area (Å²) in [6.07, 6.45) is -0.610. The van der Waals surface area contributed by atoms with E-state index in [0.29, 0.717) is 12.5 Å². The first-order valence-electron chi connectivity index (χ1n) is 6.24. The third-order valence-electron chi connectivity index (χ3n) is 2.65. The Kier molecular flexibility index (Phi) is 8.11. The highest BCUT2D eigenvalue weighted by Gasteiger charge is 2.15. The number of amides is 2. The van der Waals surface area contributed by atoms with E-state index in [4.69, 9.17) is 9.84 Å². The summed E-state index contributed by atoms with van der Waals surface area (Å²) in [5, 5.41) is 14.1. The summed E-state index contributed by atoms with van der Waals surface area (Å²) in [6, 6.07) is -0.235. The van der Waals surface area contributed by atoms with Crippen LogP contribution >= 0.6 is 0 Å². The van der Waals surface area contributed by atoms with Gasteiger partial charge in [0.25, 0.3) is 0 Å². The minimum Gasteiger partial charge on any atom is -0.481 e. The molecule has 2 atom stereocenters. The van der Waals surface area contributed by atoms with Crippen LogP contribution in [-0.4, -0.2) is 42.4 Å². The van der Waals surface area contributed by atoms with E-state index in [0.717, 1.165) is 0 Å². The van der Waals surface area contributed by atoms with Gasteiger partial charge in [0, 0.05) is 19.2 Å². The molecular formula is C12H24N2O4. The molecule has 0 aromatic heterocycles. The summed E-state index contributed by atoms with van der Waals surface area (Å²) in [5.74, 6) is -0.594. The third-order valence-corrected chi connectivity index (χ3v) is 2.65. The van der Waals surface area contributed by atoms with Gasteiger partial charge in [0.15, 0.2) is 0 Å². The fraction of sp³-hybridized carbons (Fsp3) is 0.833. The number of carbonyl (C=O) groups excluding carboxylic acids is 1. The number of carbonyl (C=O) groups is 2. The van der Waals surface area contributed by atoms with Crippen molar-refractivity contribution in [3.05, 3.63) is 0 Å². The topological polar surface area (TPSA) is 87.7 Å². The summed E-state index contributed by atoms with van der Waals surface area (Å²) in [7, 11) is 0. The van der Waals surface area contributed by atoms with Crippen molar-refractivity contribution in [2.24, 2.45) is 5.92 Å². The van der Waals surface area contributed by atoms with Crippen LogP contribution in [0.3, 0.4) is 0 Å². The minimum absolute atomic E-state index is 0.0648. The number of hydrogen-bond acceptors (Lipinski definition) is 3. The first kappa shape index (κ1) is 16.7. The Balaban J connectivity index is 4.02. The summed E-state index contributed by atoms with van der Waals surface area (Å²) in [4.78, 5) is 22.1. The molecule has 0 fully saturated rings. The number of nitrogens with one attached hydrogen (secondary N) is 2. The maximum atomic E-state index is 11.5. The maximum absolute atomic E-state index is 11.5. The van der Waals surface area contributed by atoms with Gasteiger partial charge in [-0.2, -0.15) is 0 Å². The lowest BCUT2D eigenvalue weighted by Gasteiger charge is -2.20. The Morgan fingerprint density at radius 1 is 1.28 bits per heavy atom. The number of rotatable bonds is 8. The molecule has 0 saturated heterocycles. The Morgan fingerprint density at radius 2 is 1.89 bits per heavy atom. The van der Waals surface area contributed by atoms with Crippen LogP contribution in [0.2, 0.25) is 0 Å². The Labute approximate surface area is 108 Å². The van der Waals surface area contributed by atoms with Crippen molar-refractivity contribution >= 4 is 12.0 Å². The number of aliphatic carboxylic acids is 1. The second kappa shape index (κ2) is 8.74. The molecule has 2 unspecified atom stereocenters. The van der Waals surface area contributed by atoms with Gasteiger partial charge in [-0.15, -0.1) is 0 Å². The first-order chi connectivity index (χ1) is 8.36. The summed E-state index contributed by atoms with van der Waals surface area (Å²) < 4.78 is 5.23. The lowest BCUT2D eigenvalue weighted by Crippen LogP contribution is -2.45. The molecule has 0 radical (unpaired) electrons. The van der Waals surface area contributed by atoms with E-state index in [9.17, 15) is 9.59 Å². The average molecular weight is 260 g/mol. The van der Waals surface area contributed by atoms with Gasteiger partial charge < -0.3 is 20.5 Å². The van der Waals surface area contributed by atoms with Crippen molar-refractivity contribution in [3.63, 3.8) is 0 Å². The summed E-state index contributed by atoms with van der Waals surface area (Å²) >= 11 is 0. The second-order valence-corrected chi connectivity index (χ2v) is 4.56. The van der Waals surface area contributed by atoms with E-state index in [1.165, 1.54) is 0 Å². The fourth-order valence-electron chi connectivity index (χ4n) is 1.25. The minimum atomic E-state index is -0.939. The zero-order valence-corrected chi connectivity index (χ0v) is 11.5. The quantitative estimate of drug-likeness (QED) is 0.612. The molecular weight excluding hydrogens is 236 g/mol. The molecule has 0 aromatic rings. The van der Waals surface area contributed by atoms with Crippen LogP contribution in [0.1, 0.15) is 34.1 Å². The molecule has 2 amide bonds. The fourth-order valence-corrected chi connectivity index (χ4v) is 1.25. The Hall–Kier alpha value is -1.30. The van der Waals surface area contributed by atoms with Gasteiger partial charge in [-0.3, -0.25) is 4.79 Å². The molecule has 0 aliphatic carbocycles. The standard InChI is InChI=1S/C12H24N2O4/c1-5-18-10(6-11(15)16)7-13-12(17)14-9(4)8(2)3/h8-10H,5-7H2,1-4H3,(H,15,16)(H2,13,14,17). The van der Waals surface area contributed by atoms with Gasteiger partial charge in [0.2, 0.25) is 0 Å². The van der Waals surface area contributed by atoms with E-state index in [1.807, 2.05) is 20.8 Å². The largest absolute Gasteiger partial charge is 0.481 e. The normalized spacial score (nSPS) is 14.1. The molecule has 3 N–H and O–H groups in total. The van der Waals surface area contributed by atoms with Gasteiger partial charge in [-0.05, 0) is 19.8 Å². The van der Waals surface area contributed by atoms with Crippen LogP contribution in [-0.2, 0) is 9.53 Å². The summed E-state index contributed by atoms with van der Waals surface area (Å²) in [5.41, 5.74) is 0. The SMILES string of the molecule is CCOC(CNC(=O)NC(C)C(C)C)CC(=O)O. The molecule has 106 valence electrons. The predicted molar refractivity (Wildman–Crippen MR) is 68.5 cm³/mol. The first-order valence-corrected chi connectivity index (χ1v) is 6.24. The molecule has 6 nitrogen and oxygen atoms in total. The smallest absolute Gasteiger partial charge is 0.315 e. The molecule has 0 spiro atoms. The van der Waals surface area contributed by atoms with Crippen molar-refractivity contribution in [3.8, 4) is 0 Å². The molecule has 0 aliphatic heterocycles. The molecule has 18 heavy (non-hydrogen) atoms. The highest BCUT2D eigenvalue weighted by atomic mass is 16.5. The molecule has 0 aliphatic rings. The zero-order valence-electron chi connectivity index (χ0n) is 11.5. The lowest BCUT2D eigenvalue weighted by atomic mass is 10.1. The lowest BCUT2D eigenvalue weighted by molar-refractivity contribution is -0.140. The predicted octanol–water partition coefficient (Wildman–Crippen LogP) is 1.21. The number of carboxylic acid groups (broad SMARTS) is 1. The van der Waals surface area contributed by atoms with Crippen molar-refractivity contribution in [1.29, 1.82) is 0 Å². The molecule has 6 heteroatoms. The third kappa shape index (κ3) is 7.89. The van der Waals surface area contributed by atoms with Crippen molar-refractivity contribution in [1.82, 2.24) is 10.6 Å². The van der Waals surface area contributed by atoms with E-state index in [-0.39, 0.29) is 25.0 Å². The van der Waals surface area contributed by atoms with Crippen LogP contribution in [0.25, 0.3) is 0 Å². The van der Waals surface area contributed by atoms with Gasteiger partial charge in [-0.1, -0.05) is 13.8 Å². The molecule has 0 rings (SSSR count). The average Bonchev–Trinajstić information content (AvgIpc) is 2.25. The molecule has 0 aromatic carbocycles. The molecule has 0 bridgehead atoms.